The molecule has 0 aromatic carbocycles. The molecule has 0 unspecified atom stereocenters. The second-order valence-corrected chi connectivity index (χ2v) is 3.62. The quantitative estimate of drug-likeness (QED) is 0.800. The molecule has 0 spiro atoms. The van der Waals surface area contributed by atoms with Gasteiger partial charge in [-0.15, -0.1) is 0 Å². The maximum atomic E-state index is 4.12. The second-order valence-electron chi connectivity index (χ2n) is 3.62. The van der Waals surface area contributed by atoms with E-state index in [1.807, 2.05) is 32.4 Å². The van der Waals surface area contributed by atoms with Crippen molar-refractivity contribution in [2.45, 2.75) is 20.4 Å². The summed E-state index contributed by atoms with van der Waals surface area (Å²) in [6, 6.07) is 2.07. The van der Waals surface area contributed by atoms with Crippen LogP contribution in [0.4, 0.5) is 5.69 Å². The molecule has 0 saturated heterocycles. The average molecular weight is 202 g/mol. The highest BCUT2D eigenvalue weighted by molar-refractivity contribution is 5.43. The van der Waals surface area contributed by atoms with Crippen LogP contribution in [0.3, 0.4) is 0 Å². The maximum absolute atomic E-state index is 4.12. The highest BCUT2D eigenvalue weighted by Gasteiger charge is 1.99. The van der Waals surface area contributed by atoms with E-state index in [0.717, 1.165) is 23.5 Å². The van der Waals surface area contributed by atoms with Crippen LogP contribution in [0.1, 0.15) is 16.8 Å². The number of rotatable bonds is 3. The van der Waals surface area contributed by atoms with Crippen molar-refractivity contribution < 1.29 is 0 Å². The molecule has 2 aromatic heterocycles. The maximum Gasteiger partial charge on any atom is 0.0539 e. The van der Waals surface area contributed by atoms with Gasteiger partial charge in [-0.3, -0.25) is 10.1 Å². The van der Waals surface area contributed by atoms with Gasteiger partial charge in [-0.05, 0) is 25.5 Å². The van der Waals surface area contributed by atoms with Crippen LogP contribution in [0.2, 0.25) is 0 Å². The van der Waals surface area contributed by atoms with Crippen molar-refractivity contribution in [1.29, 1.82) is 0 Å². The van der Waals surface area contributed by atoms with Crippen LogP contribution in [0, 0.1) is 13.8 Å². The van der Waals surface area contributed by atoms with E-state index >= 15 is 0 Å². The molecular formula is C11H14N4. The summed E-state index contributed by atoms with van der Waals surface area (Å²) in [5.74, 6) is 0. The van der Waals surface area contributed by atoms with Crippen molar-refractivity contribution in [3.8, 4) is 0 Å². The van der Waals surface area contributed by atoms with Gasteiger partial charge in [0.1, 0.15) is 0 Å². The summed E-state index contributed by atoms with van der Waals surface area (Å²) in [4.78, 5) is 4.12. The first-order valence-corrected chi connectivity index (χ1v) is 4.90. The number of nitrogens with zero attached hydrogens (tertiary/aromatic N) is 2. The Labute approximate surface area is 88.8 Å². The van der Waals surface area contributed by atoms with Crippen LogP contribution in [-0.4, -0.2) is 15.2 Å². The number of aromatic amines is 1. The van der Waals surface area contributed by atoms with Crippen molar-refractivity contribution in [3.63, 3.8) is 0 Å². The van der Waals surface area contributed by atoms with Gasteiger partial charge in [-0.1, -0.05) is 0 Å². The fraction of sp³-hybridized carbons (Fsp3) is 0.273. The lowest BCUT2D eigenvalue weighted by atomic mass is 10.2. The number of nitrogens with one attached hydrogen (secondary N) is 2. The summed E-state index contributed by atoms with van der Waals surface area (Å²) in [7, 11) is 0. The summed E-state index contributed by atoms with van der Waals surface area (Å²) < 4.78 is 0. The molecule has 0 aliphatic rings. The average Bonchev–Trinajstić information content (AvgIpc) is 2.61. The molecule has 2 heterocycles. The summed E-state index contributed by atoms with van der Waals surface area (Å²) in [6.45, 7) is 4.81. The predicted molar refractivity (Wildman–Crippen MR) is 59.6 cm³/mol. The molecule has 4 heteroatoms. The first kappa shape index (κ1) is 9.71. The number of pyridine rings is 1. The van der Waals surface area contributed by atoms with E-state index in [-0.39, 0.29) is 0 Å². The Kier molecular flexibility index (Phi) is 2.67. The Morgan fingerprint density at radius 3 is 2.80 bits per heavy atom. The number of anilines is 1. The lowest BCUT2D eigenvalue weighted by Crippen LogP contribution is -2.00. The van der Waals surface area contributed by atoms with E-state index in [2.05, 4.69) is 26.6 Å². The van der Waals surface area contributed by atoms with Crippen LogP contribution < -0.4 is 5.32 Å². The van der Waals surface area contributed by atoms with E-state index in [9.17, 15) is 0 Å². The number of hydrogen-bond donors (Lipinski definition) is 2. The van der Waals surface area contributed by atoms with Gasteiger partial charge in [0, 0.05) is 30.2 Å². The van der Waals surface area contributed by atoms with Gasteiger partial charge in [0.05, 0.1) is 11.9 Å². The van der Waals surface area contributed by atoms with Gasteiger partial charge in [0.15, 0.2) is 0 Å². The molecule has 78 valence electrons. The lowest BCUT2D eigenvalue weighted by molar-refractivity contribution is 1.04. The molecule has 0 aliphatic heterocycles. The Morgan fingerprint density at radius 1 is 1.27 bits per heavy atom. The van der Waals surface area contributed by atoms with Gasteiger partial charge in [-0.2, -0.15) is 5.10 Å². The van der Waals surface area contributed by atoms with Gasteiger partial charge in [0.2, 0.25) is 0 Å². The molecule has 0 fully saturated rings. The topological polar surface area (TPSA) is 53.6 Å². The molecule has 0 atom stereocenters. The Hall–Kier alpha value is -1.84. The standard InChI is InChI=1S/C11H14N4/c1-8-3-11(7-12-4-8)13-5-10-6-14-15-9(10)2/h3-4,6-7,13H,5H2,1-2H3,(H,14,15). The van der Waals surface area contributed by atoms with Crippen molar-refractivity contribution in [3.05, 3.63) is 41.5 Å². The zero-order valence-electron chi connectivity index (χ0n) is 8.91. The van der Waals surface area contributed by atoms with E-state index in [4.69, 9.17) is 0 Å². The Balaban J connectivity index is 2.02. The number of hydrogen-bond acceptors (Lipinski definition) is 3. The first-order chi connectivity index (χ1) is 7.25. The molecule has 4 nitrogen and oxygen atoms in total. The second kappa shape index (κ2) is 4.13. The van der Waals surface area contributed by atoms with Crippen LogP contribution in [0.25, 0.3) is 0 Å². The third-order valence-electron chi connectivity index (χ3n) is 2.29. The molecule has 2 aromatic rings. The third-order valence-corrected chi connectivity index (χ3v) is 2.29. The summed E-state index contributed by atoms with van der Waals surface area (Å²) in [6.07, 6.45) is 5.50. The van der Waals surface area contributed by atoms with Crippen LogP contribution in [-0.2, 0) is 6.54 Å². The first-order valence-electron chi connectivity index (χ1n) is 4.90. The fourth-order valence-corrected chi connectivity index (χ4v) is 1.40. The van der Waals surface area contributed by atoms with Gasteiger partial charge in [-0.25, -0.2) is 0 Å². The van der Waals surface area contributed by atoms with Crippen LogP contribution in [0.5, 0.6) is 0 Å². The van der Waals surface area contributed by atoms with E-state index in [1.54, 1.807) is 0 Å². The largest absolute Gasteiger partial charge is 0.380 e. The predicted octanol–water partition coefficient (Wildman–Crippen LogP) is 2.03. The molecule has 0 saturated carbocycles. The summed E-state index contributed by atoms with van der Waals surface area (Å²) in [5.41, 5.74) is 4.47. The van der Waals surface area contributed by atoms with E-state index in [1.165, 1.54) is 5.56 Å². The molecule has 0 amide bonds. The van der Waals surface area contributed by atoms with Gasteiger partial charge in [0.25, 0.3) is 0 Å². The molecule has 2 rings (SSSR count). The fourth-order valence-electron chi connectivity index (χ4n) is 1.40. The molecule has 0 radical (unpaired) electrons. The normalized spacial score (nSPS) is 10.3. The number of H-pyrrole nitrogens is 1. The monoisotopic (exact) mass is 202 g/mol. The minimum Gasteiger partial charge on any atom is -0.380 e. The number of aryl methyl sites for hydroxylation is 2. The zero-order chi connectivity index (χ0) is 10.7. The minimum atomic E-state index is 0.771. The SMILES string of the molecule is Cc1cncc(NCc2cn[nH]c2C)c1. The minimum absolute atomic E-state index is 0.771. The molecule has 15 heavy (non-hydrogen) atoms. The van der Waals surface area contributed by atoms with Crippen LogP contribution in [0.15, 0.2) is 24.7 Å². The van der Waals surface area contributed by atoms with Crippen LogP contribution >= 0.6 is 0 Å². The molecular weight excluding hydrogens is 188 g/mol. The van der Waals surface area contributed by atoms with Crippen molar-refractivity contribution >= 4 is 5.69 Å². The zero-order valence-corrected chi connectivity index (χ0v) is 8.91. The molecule has 2 N–H and O–H groups in total. The Bertz CT molecular complexity index is 447. The van der Waals surface area contributed by atoms with Crippen molar-refractivity contribution in [1.82, 2.24) is 15.2 Å². The summed E-state index contributed by atoms with van der Waals surface area (Å²) >= 11 is 0. The number of aromatic nitrogens is 3. The Morgan fingerprint density at radius 2 is 2.13 bits per heavy atom. The van der Waals surface area contributed by atoms with Gasteiger partial charge >= 0.3 is 0 Å². The van der Waals surface area contributed by atoms with Gasteiger partial charge < -0.3 is 5.32 Å². The highest BCUT2D eigenvalue weighted by Crippen LogP contribution is 2.10. The smallest absolute Gasteiger partial charge is 0.0539 e. The highest BCUT2D eigenvalue weighted by atomic mass is 15.1. The van der Waals surface area contributed by atoms with E-state index < -0.39 is 0 Å². The van der Waals surface area contributed by atoms with Crippen molar-refractivity contribution in [2.24, 2.45) is 0 Å². The summed E-state index contributed by atoms with van der Waals surface area (Å²) in [5, 5.41) is 10.2. The van der Waals surface area contributed by atoms with Crippen molar-refractivity contribution in [2.75, 3.05) is 5.32 Å². The lowest BCUT2D eigenvalue weighted by Gasteiger charge is -2.05. The molecule has 0 bridgehead atoms. The molecule has 0 aliphatic carbocycles. The third kappa shape index (κ3) is 2.34. The van der Waals surface area contributed by atoms with E-state index in [0.29, 0.717) is 0 Å².